The molecule has 0 aliphatic carbocycles. The van der Waals surface area contributed by atoms with E-state index < -0.39 is 11.8 Å². The fourth-order valence-electron chi connectivity index (χ4n) is 1.80. The Morgan fingerprint density at radius 3 is 2.11 bits per heavy atom. The second-order valence-corrected chi connectivity index (χ2v) is 4.11. The van der Waals surface area contributed by atoms with Crippen LogP contribution in [0, 0.1) is 6.92 Å². The molecule has 0 atom stereocenters. The van der Waals surface area contributed by atoms with Crippen LogP contribution in [0.4, 0.5) is 5.69 Å². The fraction of sp³-hybridized carbons (Fsp3) is 0.333. The molecule has 0 spiro atoms. The molecule has 0 saturated carbocycles. The molecular formula is C12H18N4O2. The maximum absolute atomic E-state index is 11.0. The van der Waals surface area contributed by atoms with Gasteiger partial charge in [0.1, 0.15) is 0 Å². The number of carbonyl (C=O) groups is 2. The zero-order valence-electron chi connectivity index (χ0n) is 10.3. The van der Waals surface area contributed by atoms with Crippen LogP contribution in [0.2, 0.25) is 0 Å². The second kappa shape index (κ2) is 6.02. The fourth-order valence-corrected chi connectivity index (χ4v) is 1.80. The molecule has 0 bridgehead atoms. The van der Waals surface area contributed by atoms with Crippen LogP contribution >= 0.6 is 0 Å². The van der Waals surface area contributed by atoms with E-state index >= 15 is 0 Å². The number of carbonyl (C=O) groups excluding carboxylic acids is 2. The highest BCUT2D eigenvalue weighted by molar-refractivity contribution is 5.85. The van der Waals surface area contributed by atoms with Gasteiger partial charge >= 0.3 is 0 Å². The van der Waals surface area contributed by atoms with Gasteiger partial charge in [-0.05, 0) is 24.1 Å². The van der Waals surface area contributed by atoms with E-state index in [1.54, 1.807) is 4.90 Å². The molecule has 0 aromatic heterocycles. The summed E-state index contributed by atoms with van der Waals surface area (Å²) in [6.07, 6.45) is 0. The summed E-state index contributed by atoms with van der Waals surface area (Å²) >= 11 is 0. The van der Waals surface area contributed by atoms with Crippen molar-refractivity contribution >= 4 is 17.5 Å². The van der Waals surface area contributed by atoms with Crippen molar-refractivity contribution in [3.8, 4) is 0 Å². The van der Waals surface area contributed by atoms with E-state index in [9.17, 15) is 9.59 Å². The molecule has 0 radical (unpaired) electrons. The summed E-state index contributed by atoms with van der Waals surface area (Å²) in [5, 5.41) is 0. The highest BCUT2D eigenvalue weighted by Gasteiger charge is 2.14. The number of benzene rings is 1. The molecule has 0 unspecified atom stereocenters. The first-order valence-corrected chi connectivity index (χ1v) is 5.55. The van der Waals surface area contributed by atoms with Gasteiger partial charge in [0.2, 0.25) is 11.8 Å². The Bertz CT molecular complexity index is 443. The molecule has 0 aliphatic rings. The summed E-state index contributed by atoms with van der Waals surface area (Å²) in [4.78, 5) is 23.6. The molecule has 1 rings (SSSR count). The van der Waals surface area contributed by atoms with Crippen LogP contribution in [0.25, 0.3) is 0 Å². The minimum absolute atomic E-state index is 0.0498. The van der Waals surface area contributed by atoms with E-state index in [4.69, 9.17) is 17.2 Å². The number of amides is 2. The van der Waals surface area contributed by atoms with E-state index in [0.717, 1.165) is 16.8 Å². The highest BCUT2D eigenvalue weighted by atomic mass is 16.2. The molecule has 0 aliphatic heterocycles. The van der Waals surface area contributed by atoms with Gasteiger partial charge in [-0.1, -0.05) is 12.1 Å². The Labute approximate surface area is 106 Å². The summed E-state index contributed by atoms with van der Waals surface area (Å²) in [6.45, 7) is 2.22. The lowest BCUT2D eigenvalue weighted by atomic mass is 10.1. The third kappa shape index (κ3) is 3.74. The van der Waals surface area contributed by atoms with Crippen LogP contribution in [0.3, 0.4) is 0 Å². The molecular weight excluding hydrogens is 232 g/mol. The minimum Gasteiger partial charge on any atom is -0.368 e. The lowest BCUT2D eigenvalue weighted by Gasteiger charge is -2.24. The lowest BCUT2D eigenvalue weighted by Crippen LogP contribution is -2.40. The highest BCUT2D eigenvalue weighted by Crippen LogP contribution is 2.20. The average Bonchev–Trinajstić information content (AvgIpc) is 2.26. The Balaban J connectivity index is 3.03. The number of rotatable bonds is 6. The summed E-state index contributed by atoms with van der Waals surface area (Å²) in [5.41, 5.74) is 18.5. The largest absolute Gasteiger partial charge is 0.368 e. The van der Waals surface area contributed by atoms with Crippen molar-refractivity contribution in [2.75, 3.05) is 18.0 Å². The minimum atomic E-state index is -0.515. The van der Waals surface area contributed by atoms with E-state index in [0.29, 0.717) is 6.54 Å². The molecule has 0 fully saturated rings. The van der Waals surface area contributed by atoms with E-state index in [-0.39, 0.29) is 13.1 Å². The van der Waals surface area contributed by atoms with Gasteiger partial charge in [-0.2, -0.15) is 0 Å². The second-order valence-electron chi connectivity index (χ2n) is 4.11. The summed E-state index contributed by atoms with van der Waals surface area (Å²) in [5.74, 6) is -1.03. The van der Waals surface area contributed by atoms with Gasteiger partial charge in [0.25, 0.3) is 0 Å². The van der Waals surface area contributed by atoms with Crippen molar-refractivity contribution in [1.82, 2.24) is 0 Å². The van der Waals surface area contributed by atoms with Crippen molar-refractivity contribution in [2.24, 2.45) is 17.2 Å². The molecule has 0 heterocycles. The number of aryl methyl sites for hydroxylation is 1. The monoisotopic (exact) mass is 250 g/mol. The van der Waals surface area contributed by atoms with Gasteiger partial charge in [-0.25, -0.2) is 0 Å². The topological polar surface area (TPSA) is 115 Å². The van der Waals surface area contributed by atoms with Crippen LogP contribution in [0.15, 0.2) is 18.2 Å². The Kier molecular flexibility index (Phi) is 4.67. The van der Waals surface area contributed by atoms with Crippen molar-refractivity contribution in [1.29, 1.82) is 0 Å². The summed E-state index contributed by atoms with van der Waals surface area (Å²) in [7, 11) is 0. The van der Waals surface area contributed by atoms with E-state index in [1.165, 1.54) is 0 Å². The average molecular weight is 250 g/mol. The molecule has 2 amide bonds. The molecule has 6 N–H and O–H groups in total. The zero-order chi connectivity index (χ0) is 13.7. The maximum atomic E-state index is 11.0. The number of primary amides is 2. The third-order valence-electron chi connectivity index (χ3n) is 2.53. The first kappa shape index (κ1) is 14.0. The SMILES string of the molecule is Cc1cc(CN)ccc1N(CC(N)=O)CC(N)=O. The summed E-state index contributed by atoms with van der Waals surface area (Å²) in [6, 6.07) is 5.56. The van der Waals surface area contributed by atoms with Gasteiger partial charge in [-0.15, -0.1) is 0 Å². The maximum Gasteiger partial charge on any atom is 0.236 e. The quantitative estimate of drug-likeness (QED) is 0.614. The predicted molar refractivity (Wildman–Crippen MR) is 69.7 cm³/mol. The zero-order valence-corrected chi connectivity index (χ0v) is 10.3. The standard InChI is InChI=1S/C12H18N4O2/c1-8-4-9(5-13)2-3-10(8)16(6-11(14)17)7-12(15)18/h2-4H,5-7,13H2,1H3,(H2,14,17)(H2,15,18). The van der Waals surface area contributed by atoms with E-state index in [2.05, 4.69) is 0 Å². The van der Waals surface area contributed by atoms with Gasteiger partial charge in [0.15, 0.2) is 0 Å². The third-order valence-corrected chi connectivity index (χ3v) is 2.53. The molecule has 98 valence electrons. The van der Waals surface area contributed by atoms with Gasteiger partial charge in [0, 0.05) is 12.2 Å². The van der Waals surface area contributed by atoms with Crippen molar-refractivity contribution in [3.63, 3.8) is 0 Å². The number of nitrogens with zero attached hydrogens (tertiary/aromatic N) is 1. The van der Waals surface area contributed by atoms with Gasteiger partial charge in [-0.3, -0.25) is 9.59 Å². The molecule has 6 heteroatoms. The van der Waals surface area contributed by atoms with Crippen molar-refractivity contribution in [3.05, 3.63) is 29.3 Å². The number of hydrogen-bond donors (Lipinski definition) is 3. The van der Waals surface area contributed by atoms with Crippen LogP contribution in [-0.2, 0) is 16.1 Å². The number of hydrogen-bond acceptors (Lipinski definition) is 4. The Morgan fingerprint density at radius 2 is 1.72 bits per heavy atom. The molecule has 1 aromatic rings. The summed E-state index contributed by atoms with van der Waals surface area (Å²) < 4.78 is 0. The van der Waals surface area contributed by atoms with Gasteiger partial charge < -0.3 is 22.1 Å². The number of nitrogens with two attached hydrogens (primary N) is 3. The van der Waals surface area contributed by atoms with Crippen LogP contribution in [0.5, 0.6) is 0 Å². The Morgan fingerprint density at radius 1 is 1.17 bits per heavy atom. The van der Waals surface area contributed by atoms with Crippen LogP contribution < -0.4 is 22.1 Å². The number of anilines is 1. The lowest BCUT2D eigenvalue weighted by molar-refractivity contribution is -0.117. The molecule has 1 aromatic carbocycles. The molecule has 6 nitrogen and oxygen atoms in total. The first-order valence-electron chi connectivity index (χ1n) is 5.55. The van der Waals surface area contributed by atoms with Crippen LogP contribution in [0.1, 0.15) is 11.1 Å². The molecule has 18 heavy (non-hydrogen) atoms. The van der Waals surface area contributed by atoms with Gasteiger partial charge in [0.05, 0.1) is 13.1 Å². The van der Waals surface area contributed by atoms with E-state index in [1.807, 2.05) is 25.1 Å². The predicted octanol–water partition coefficient (Wildman–Crippen LogP) is -0.769. The molecule has 0 saturated heterocycles. The smallest absolute Gasteiger partial charge is 0.236 e. The van der Waals surface area contributed by atoms with Crippen LogP contribution in [-0.4, -0.2) is 24.9 Å². The first-order chi connectivity index (χ1) is 8.43. The van der Waals surface area contributed by atoms with Crippen molar-refractivity contribution in [2.45, 2.75) is 13.5 Å². The Hall–Kier alpha value is -2.08. The van der Waals surface area contributed by atoms with Crippen molar-refractivity contribution < 1.29 is 9.59 Å². The normalized spacial score (nSPS) is 10.1.